The predicted molar refractivity (Wildman–Crippen MR) is 143 cm³/mol. The Labute approximate surface area is 214 Å². The summed E-state index contributed by atoms with van der Waals surface area (Å²) in [5.41, 5.74) is 4.87. The number of fused-ring (bicyclic) bond motifs is 1. The fourth-order valence-electron chi connectivity index (χ4n) is 4.67. The first-order chi connectivity index (χ1) is 18.1. The Balaban J connectivity index is 1.54. The fraction of sp³-hybridized carbons (Fsp3) is 0.133. The first-order valence-electron chi connectivity index (χ1n) is 12.1. The van der Waals surface area contributed by atoms with Crippen LogP contribution in [0.15, 0.2) is 110 Å². The molecule has 2 heterocycles. The van der Waals surface area contributed by atoms with Crippen LogP contribution >= 0.6 is 0 Å². The summed E-state index contributed by atoms with van der Waals surface area (Å²) >= 11 is 0. The average molecular weight is 491 g/mol. The van der Waals surface area contributed by atoms with Gasteiger partial charge in [0.1, 0.15) is 0 Å². The van der Waals surface area contributed by atoms with E-state index in [4.69, 9.17) is 0 Å². The lowest BCUT2D eigenvalue weighted by atomic mass is 9.88. The first-order valence-corrected chi connectivity index (χ1v) is 12.1. The normalized spacial score (nSPS) is 11.8. The minimum Gasteiger partial charge on any atom is -0.352 e. The SMILES string of the molecule is O=C(CC(c1ccccc1)c1cn(Cc2ccccc2)c2ccc([N+](=O)[O-])cc12)NCc1ccncc1. The number of nitro benzene ring substituents is 1. The number of hydrogen-bond acceptors (Lipinski definition) is 4. The van der Waals surface area contributed by atoms with Crippen LogP contribution in [0.5, 0.6) is 0 Å². The lowest BCUT2D eigenvalue weighted by Gasteiger charge is -2.17. The summed E-state index contributed by atoms with van der Waals surface area (Å²) in [5, 5.41) is 15.4. The molecule has 0 fully saturated rings. The number of nitro groups is 1. The minimum atomic E-state index is -0.378. The van der Waals surface area contributed by atoms with Crippen molar-refractivity contribution in [2.45, 2.75) is 25.4 Å². The van der Waals surface area contributed by atoms with Crippen molar-refractivity contribution in [3.8, 4) is 0 Å². The number of benzene rings is 3. The van der Waals surface area contributed by atoms with E-state index in [2.05, 4.69) is 27.0 Å². The third kappa shape index (κ3) is 5.56. The van der Waals surface area contributed by atoms with Gasteiger partial charge in [-0.1, -0.05) is 60.7 Å². The van der Waals surface area contributed by atoms with Gasteiger partial charge in [-0.05, 0) is 40.5 Å². The Morgan fingerprint density at radius 2 is 1.62 bits per heavy atom. The van der Waals surface area contributed by atoms with E-state index in [9.17, 15) is 14.9 Å². The zero-order chi connectivity index (χ0) is 25.6. The number of rotatable bonds is 9. The summed E-state index contributed by atoms with van der Waals surface area (Å²) < 4.78 is 2.11. The van der Waals surface area contributed by atoms with Gasteiger partial charge in [-0.2, -0.15) is 0 Å². The van der Waals surface area contributed by atoms with Crippen LogP contribution in [0.3, 0.4) is 0 Å². The molecule has 7 heteroatoms. The maximum absolute atomic E-state index is 13.1. The van der Waals surface area contributed by atoms with Gasteiger partial charge in [0, 0.05) is 67.1 Å². The van der Waals surface area contributed by atoms with E-state index in [1.165, 1.54) is 6.07 Å². The van der Waals surface area contributed by atoms with Crippen molar-refractivity contribution in [2.75, 3.05) is 0 Å². The van der Waals surface area contributed by atoms with E-state index in [1.54, 1.807) is 24.5 Å². The highest BCUT2D eigenvalue weighted by Gasteiger charge is 2.24. The molecule has 1 amide bonds. The number of non-ortho nitro benzene ring substituents is 1. The van der Waals surface area contributed by atoms with Crippen molar-refractivity contribution in [1.82, 2.24) is 14.9 Å². The van der Waals surface area contributed by atoms with E-state index in [0.717, 1.165) is 33.2 Å². The molecule has 0 spiro atoms. The van der Waals surface area contributed by atoms with Crippen LogP contribution in [0.1, 0.15) is 34.6 Å². The molecule has 0 aliphatic rings. The number of carbonyl (C=O) groups excluding carboxylic acids is 1. The van der Waals surface area contributed by atoms with Gasteiger partial charge in [0.15, 0.2) is 0 Å². The Bertz CT molecular complexity index is 1520. The van der Waals surface area contributed by atoms with Gasteiger partial charge < -0.3 is 9.88 Å². The van der Waals surface area contributed by atoms with Crippen molar-refractivity contribution in [2.24, 2.45) is 0 Å². The lowest BCUT2D eigenvalue weighted by molar-refractivity contribution is -0.384. The van der Waals surface area contributed by atoms with Crippen LogP contribution in [0.2, 0.25) is 0 Å². The monoisotopic (exact) mass is 490 g/mol. The molecule has 7 nitrogen and oxygen atoms in total. The number of hydrogen-bond donors (Lipinski definition) is 1. The van der Waals surface area contributed by atoms with Gasteiger partial charge in [0.2, 0.25) is 5.91 Å². The molecule has 1 N–H and O–H groups in total. The number of carbonyl (C=O) groups is 1. The third-order valence-electron chi connectivity index (χ3n) is 6.51. The Morgan fingerprint density at radius 3 is 2.32 bits per heavy atom. The van der Waals surface area contributed by atoms with E-state index in [-0.39, 0.29) is 28.9 Å². The molecule has 1 unspecified atom stereocenters. The highest BCUT2D eigenvalue weighted by molar-refractivity contribution is 5.88. The second-order valence-corrected chi connectivity index (χ2v) is 8.96. The topological polar surface area (TPSA) is 90.1 Å². The number of amides is 1. The van der Waals surface area contributed by atoms with Gasteiger partial charge in [0.25, 0.3) is 5.69 Å². The molecule has 37 heavy (non-hydrogen) atoms. The van der Waals surface area contributed by atoms with E-state index in [1.807, 2.05) is 66.9 Å². The van der Waals surface area contributed by atoms with E-state index in [0.29, 0.717) is 13.1 Å². The van der Waals surface area contributed by atoms with Crippen LogP contribution in [-0.4, -0.2) is 20.4 Å². The molecular formula is C30H26N4O3. The molecule has 0 bridgehead atoms. The summed E-state index contributed by atoms with van der Waals surface area (Å²) in [7, 11) is 0. The Hall–Kier alpha value is -4.78. The highest BCUT2D eigenvalue weighted by Crippen LogP contribution is 2.36. The maximum atomic E-state index is 13.1. The number of pyridine rings is 1. The van der Waals surface area contributed by atoms with Gasteiger partial charge in [-0.15, -0.1) is 0 Å². The Kier molecular flexibility index (Phi) is 7.03. The highest BCUT2D eigenvalue weighted by atomic mass is 16.6. The zero-order valence-corrected chi connectivity index (χ0v) is 20.2. The van der Waals surface area contributed by atoms with Gasteiger partial charge >= 0.3 is 0 Å². The Morgan fingerprint density at radius 1 is 0.919 bits per heavy atom. The second kappa shape index (κ2) is 10.9. The van der Waals surface area contributed by atoms with Crippen molar-refractivity contribution < 1.29 is 9.72 Å². The van der Waals surface area contributed by atoms with Crippen LogP contribution < -0.4 is 5.32 Å². The van der Waals surface area contributed by atoms with Gasteiger partial charge in [-0.3, -0.25) is 19.9 Å². The predicted octanol–water partition coefficient (Wildman–Crippen LogP) is 5.83. The maximum Gasteiger partial charge on any atom is 0.270 e. The lowest BCUT2D eigenvalue weighted by Crippen LogP contribution is -2.25. The minimum absolute atomic E-state index is 0.0279. The van der Waals surface area contributed by atoms with Crippen molar-refractivity contribution in [3.63, 3.8) is 0 Å². The van der Waals surface area contributed by atoms with Crippen molar-refractivity contribution in [1.29, 1.82) is 0 Å². The first kappa shape index (κ1) is 23.9. The number of nitrogens with zero attached hydrogens (tertiary/aromatic N) is 3. The molecule has 0 saturated heterocycles. The molecule has 0 radical (unpaired) electrons. The number of nitrogens with one attached hydrogen (secondary N) is 1. The second-order valence-electron chi connectivity index (χ2n) is 8.96. The van der Waals surface area contributed by atoms with E-state index < -0.39 is 0 Å². The smallest absolute Gasteiger partial charge is 0.270 e. The molecule has 5 rings (SSSR count). The molecule has 0 aliphatic heterocycles. The van der Waals surface area contributed by atoms with Crippen LogP contribution in [0, 0.1) is 10.1 Å². The molecule has 0 saturated carbocycles. The van der Waals surface area contributed by atoms with Gasteiger partial charge in [-0.25, -0.2) is 0 Å². The molecular weight excluding hydrogens is 464 g/mol. The standard InChI is InChI=1S/C30H26N4O3/c35-30(32-19-22-13-15-31-16-14-22)18-26(24-9-5-2-6-10-24)28-21-33(20-23-7-3-1-4-8-23)29-12-11-25(34(36)37)17-27(28)29/h1-17,21,26H,18-20H2,(H,32,35). The molecule has 184 valence electrons. The average Bonchev–Trinajstić information content (AvgIpc) is 3.29. The third-order valence-corrected chi connectivity index (χ3v) is 6.51. The largest absolute Gasteiger partial charge is 0.352 e. The fourth-order valence-corrected chi connectivity index (χ4v) is 4.67. The summed E-state index contributed by atoms with van der Waals surface area (Å²) in [6, 6.07) is 28.6. The van der Waals surface area contributed by atoms with Crippen molar-refractivity contribution in [3.05, 3.63) is 142 Å². The van der Waals surface area contributed by atoms with Gasteiger partial charge in [0.05, 0.1) is 4.92 Å². The molecule has 1 atom stereocenters. The van der Waals surface area contributed by atoms with Crippen LogP contribution in [0.25, 0.3) is 10.9 Å². The zero-order valence-electron chi connectivity index (χ0n) is 20.2. The summed E-state index contributed by atoms with van der Waals surface area (Å²) in [5.74, 6) is -0.375. The molecule has 0 aliphatic carbocycles. The van der Waals surface area contributed by atoms with Crippen LogP contribution in [0.4, 0.5) is 5.69 Å². The van der Waals surface area contributed by atoms with Crippen molar-refractivity contribution >= 4 is 22.5 Å². The molecule has 3 aromatic carbocycles. The van der Waals surface area contributed by atoms with E-state index >= 15 is 0 Å². The molecule has 2 aromatic heterocycles. The summed E-state index contributed by atoms with van der Waals surface area (Å²) in [4.78, 5) is 28.4. The quantitative estimate of drug-likeness (QED) is 0.208. The van der Waals surface area contributed by atoms with Crippen LogP contribution in [-0.2, 0) is 17.9 Å². The summed E-state index contributed by atoms with van der Waals surface area (Å²) in [6.07, 6.45) is 5.64. The number of aromatic nitrogens is 2. The summed E-state index contributed by atoms with van der Waals surface area (Å²) in [6.45, 7) is 1.02. The molecule has 5 aromatic rings.